The van der Waals surface area contributed by atoms with Crippen LogP contribution < -0.4 is 5.32 Å². The summed E-state index contributed by atoms with van der Waals surface area (Å²) in [7, 11) is 0. The molecule has 1 aromatic rings. The smallest absolute Gasteiger partial charge is 0.252 e. The maximum Gasteiger partial charge on any atom is 0.252 e. The van der Waals surface area contributed by atoms with Gasteiger partial charge in [-0.25, -0.2) is 0 Å². The summed E-state index contributed by atoms with van der Waals surface area (Å²) in [5.74, 6) is -0.260. The van der Waals surface area contributed by atoms with Gasteiger partial charge in [-0.2, -0.15) is 0 Å². The lowest BCUT2D eigenvalue weighted by atomic mass is 10.1. The zero-order chi connectivity index (χ0) is 10.6. The van der Waals surface area contributed by atoms with Crippen molar-refractivity contribution in [3.63, 3.8) is 0 Å². The fraction of sp³-hybridized carbons (Fsp3) is 0.300. The Labute approximate surface area is 87.7 Å². The first-order valence-electron chi connectivity index (χ1n) is 4.30. The van der Waals surface area contributed by atoms with Crippen molar-refractivity contribution in [2.75, 3.05) is 13.2 Å². The molecule has 0 atom stereocenters. The van der Waals surface area contributed by atoms with Gasteiger partial charge in [-0.05, 0) is 24.6 Å². The van der Waals surface area contributed by atoms with Crippen LogP contribution in [0.15, 0.2) is 18.2 Å². The minimum Gasteiger partial charge on any atom is -0.395 e. The minimum absolute atomic E-state index is 0.0742. The molecule has 0 heterocycles. The third kappa shape index (κ3) is 2.72. The zero-order valence-corrected chi connectivity index (χ0v) is 8.64. The van der Waals surface area contributed by atoms with Gasteiger partial charge in [0.1, 0.15) is 0 Å². The third-order valence-corrected chi connectivity index (χ3v) is 2.08. The Morgan fingerprint density at radius 2 is 2.29 bits per heavy atom. The molecule has 1 amide bonds. The third-order valence-electron chi connectivity index (χ3n) is 1.77. The van der Waals surface area contributed by atoms with Crippen molar-refractivity contribution in [3.8, 4) is 0 Å². The second-order valence-electron chi connectivity index (χ2n) is 2.96. The predicted molar refractivity (Wildman–Crippen MR) is 55.6 cm³/mol. The lowest BCUT2D eigenvalue weighted by molar-refractivity contribution is 0.0945. The molecular formula is C10H12ClNO2. The van der Waals surface area contributed by atoms with Crippen LogP contribution in [0, 0.1) is 6.92 Å². The van der Waals surface area contributed by atoms with E-state index < -0.39 is 0 Å². The van der Waals surface area contributed by atoms with Crippen molar-refractivity contribution in [1.29, 1.82) is 0 Å². The molecule has 76 valence electrons. The largest absolute Gasteiger partial charge is 0.395 e. The van der Waals surface area contributed by atoms with Gasteiger partial charge in [0, 0.05) is 6.54 Å². The average molecular weight is 214 g/mol. The van der Waals surface area contributed by atoms with Crippen molar-refractivity contribution < 1.29 is 9.90 Å². The second-order valence-corrected chi connectivity index (χ2v) is 3.37. The van der Waals surface area contributed by atoms with Gasteiger partial charge in [-0.1, -0.05) is 17.7 Å². The molecule has 0 bridgehead atoms. The molecule has 4 heteroatoms. The fourth-order valence-electron chi connectivity index (χ4n) is 1.07. The molecule has 2 N–H and O–H groups in total. The van der Waals surface area contributed by atoms with Crippen LogP contribution in [0.5, 0.6) is 0 Å². The summed E-state index contributed by atoms with van der Waals surface area (Å²) in [5, 5.41) is 11.5. The van der Waals surface area contributed by atoms with E-state index in [0.29, 0.717) is 10.6 Å². The first-order chi connectivity index (χ1) is 6.65. The molecule has 0 aromatic heterocycles. The maximum atomic E-state index is 11.4. The Hall–Kier alpha value is -1.06. The molecule has 0 aliphatic rings. The van der Waals surface area contributed by atoms with Gasteiger partial charge in [0.25, 0.3) is 5.91 Å². The Kier molecular flexibility index (Phi) is 3.92. The van der Waals surface area contributed by atoms with Gasteiger partial charge in [0.15, 0.2) is 0 Å². The minimum atomic E-state index is -0.260. The van der Waals surface area contributed by atoms with Crippen molar-refractivity contribution in [2.45, 2.75) is 6.92 Å². The summed E-state index contributed by atoms with van der Waals surface area (Å²) < 4.78 is 0. The van der Waals surface area contributed by atoms with Crippen molar-refractivity contribution in [1.82, 2.24) is 5.32 Å². The molecule has 0 fully saturated rings. The van der Waals surface area contributed by atoms with Crippen LogP contribution in [0.3, 0.4) is 0 Å². The molecule has 0 spiro atoms. The number of benzene rings is 1. The number of hydrogen-bond donors (Lipinski definition) is 2. The van der Waals surface area contributed by atoms with Gasteiger partial charge in [0.2, 0.25) is 0 Å². The van der Waals surface area contributed by atoms with E-state index in [1.54, 1.807) is 12.1 Å². The zero-order valence-electron chi connectivity index (χ0n) is 7.88. The van der Waals surface area contributed by atoms with E-state index in [1.807, 2.05) is 13.0 Å². The maximum absolute atomic E-state index is 11.4. The van der Waals surface area contributed by atoms with Gasteiger partial charge >= 0.3 is 0 Å². The van der Waals surface area contributed by atoms with Crippen molar-refractivity contribution in [3.05, 3.63) is 34.3 Å². The van der Waals surface area contributed by atoms with E-state index in [1.165, 1.54) is 0 Å². The summed E-state index contributed by atoms with van der Waals surface area (Å²) in [6.07, 6.45) is 0. The SMILES string of the molecule is Cc1ccc(C(=O)NCCO)c(Cl)c1. The number of nitrogens with one attached hydrogen (secondary N) is 1. The molecule has 14 heavy (non-hydrogen) atoms. The molecule has 0 saturated carbocycles. The highest BCUT2D eigenvalue weighted by Crippen LogP contribution is 2.17. The van der Waals surface area contributed by atoms with Gasteiger partial charge in [-0.3, -0.25) is 4.79 Å². The average Bonchev–Trinajstić information content (AvgIpc) is 2.14. The molecule has 3 nitrogen and oxygen atoms in total. The molecule has 0 saturated heterocycles. The predicted octanol–water partition coefficient (Wildman–Crippen LogP) is 1.37. The van der Waals surface area contributed by atoms with E-state index >= 15 is 0 Å². The van der Waals surface area contributed by atoms with Gasteiger partial charge in [-0.15, -0.1) is 0 Å². The van der Waals surface area contributed by atoms with Crippen LogP contribution in [-0.4, -0.2) is 24.2 Å². The molecule has 0 unspecified atom stereocenters. The number of aliphatic hydroxyl groups is 1. The van der Waals surface area contributed by atoms with E-state index in [2.05, 4.69) is 5.32 Å². The number of aliphatic hydroxyl groups excluding tert-OH is 1. The number of carbonyl (C=O) groups excluding carboxylic acids is 1. The summed E-state index contributed by atoms with van der Waals surface area (Å²) in [4.78, 5) is 11.4. The number of amides is 1. The van der Waals surface area contributed by atoms with Crippen LogP contribution >= 0.6 is 11.6 Å². The Balaban J connectivity index is 2.80. The second kappa shape index (κ2) is 4.98. The highest BCUT2D eigenvalue weighted by molar-refractivity contribution is 6.33. The summed E-state index contributed by atoms with van der Waals surface area (Å²) >= 11 is 5.88. The summed E-state index contributed by atoms with van der Waals surface area (Å²) in [6, 6.07) is 5.22. The number of carbonyl (C=O) groups is 1. The van der Waals surface area contributed by atoms with E-state index in [9.17, 15) is 4.79 Å². The van der Waals surface area contributed by atoms with Crippen LogP contribution in [0.4, 0.5) is 0 Å². The monoisotopic (exact) mass is 213 g/mol. The van der Waals surface area contributed by atoms with Crippen molar-refractivity contribution in [2.24, 2.45) is 0 Å². The summed E-state index contributed by atoms with van der Waals surface area (Å²) in [6.45, 7) is 2.07. The number of halogens is 1. The highest BCUT2D eigenvalue weighted by atomic mass is 35.5. The number of rotatable bonds is 3. The molecule has 0 aliphatic carbocycles. The Morgan fingerprint density at radius 1 is 1.57 bits per heavy atom. The first-order valence-corrected chi connectivity index (χ1v) is 4.68. The number of hydrogen-bond acceptors (Lipinski definition) is 2. The van der Waals surface area contributed by atoms with Gasteiger partial charge in [0.05, 0.1) is 17.2 Å². The van der Waals surface area contributed by atoms with Crippen LogP contribution in [0.25, 0.3) is 0 Å². The van der Waals surface area contributed by atoms with Crippen LogP contribution in [0.2, 0.25) is 5.02 Å². The van der Waals surface area contributed by atoms with E-state index in [4.69, 9.17) is 16.7 Å². The topological polar surface area (TPSA) is 49.3 Å². The fourth-order valence-corrected chi connectivity index (χ4v) is 1.39. The Morgan fingerprint density at radius 3 is 2.86 bits per heavy atom. The molecule has 1 rings (SSSR count). The van der Waals surface area contributed by atoms with Crippen LogP contribution in [0.1, 0.15) is 15.9 Å². The first kappa shape index (κ1) is 11.0. The summed E-state index contributed by atoms with van der Waals surface area (Å²) in [5.41, 5.74) is 1.44. The standard InChI is InChI=1S/C10H12ClNO2/c1-7-2-3-8(9(11)6-7)10(14)12-4-5-13/h2-3,6,13H,4-5H2,1H3,(H,12,14). The van der Waals surface area contributed by atoms with E-state index in [-0.39, 0.29) is 19.1 Å². The van der Waals surface area contributed by atoms with Gasteiger partial charge < -0.3 is 10.4 Å². The lowest BCUT2D eigenvalue weighted by Crippen LogP contribution is -2.26. The molecule has 0 radical (unpaired) electrons. The lowest BCUT2D eigenvalue weighted by Gasteiger charge is -2.05. The number of aryl methyl sites for hydroxylation is 1. The van der Waals surface area contributed by atoms with E-state index in [0.717, 1.165) is 5.56 Å². The molecule has 1 aromatic carbocycles. The quantitative estimate of drug-likeness (QED) is 0.797. The van der Waals surface area contributed by atoms with Crippen molar-refractivity contribution >= 4 is 17.5 Å². The molecule has 0 aliphatic heterocycles. The molecular weight excluding hydrogens is 202 g/mol. The normalized spacial score (nSPS) is 9.93. The van der Waals surface area contributed by atoms with Crippen LogP contribution in [-0.2, 0) is 0 Å². The highest BCUT2D eigenvalue weighted by Gasteiger charge is 2.08. The Bertz CT molecular complexity index is 339.